The van der Waals surface area contributed by atoms with E-state index in [1.807, 2.05) is 0 Å². The first-order valence-electron chi connectivity index (χ1n) is 4.21. The Hall–Kier alpha value is 1.04. The third-order valence-corrected chi connectivity index (χ3v) is 5.15. The van der Waals surface area contributed by atoms with Crippen molar-refractivity contribution in [1.82, 2.24) is 4.90 Å². The molecular formula is C8H14INS. The molecule has 64 valence electrons. The zero-order valence-corrected chi connectivity index (χ0v) is 9.66. The molecule has 1 nitrogen and oxygen atoms in total. The van der Waals surface area contributed by atoms with Crippen LogP contribution in [-0.4, -0.2) is 34.0 Å². The van der Waals surface area contributed by atoms with Crippen molar-refractivity contribution in [3.8, 4) is 0 Å². The molecule has 1 spiro atoms. The molecule has 0 aromatic carbocycles. The number of likely N-dealkylation sites (tertiary alicyclic amines) is 1. The van der Waals surface area contributed by atoms with Gasteiger partial charge in [-0.25, -0.2) is 0 Å². The van der Waals surface area contributed by atoms with Crippen LogP contribution in [0.1, 0.15) is 12.8 Å². The van der Waals surface area contributed by atoms with Gasteiger partial charge in [-0.05, 0) is 30.6 Å². The fourth-order valence-corrected chi connectivity index (χ4v) is 4.22. The second-order valence-corrected chi connectivity index (χ2v) is 5.51. The molecule has 1 unspecified atom stereocenters. The average Bonchev–Trinajstić information content (AvgIpc) is 2.62. The van der Waals surface area contributed by atoms with Crippen LogP contribution >= 0.6 is 34.4 Å². The lowest BCUT2D eigenvalue weighted by Crippen LogP contribution is -2.25. The molecule has 0 N–H and O–H groups in total. The molecule has 0 aliphatic carbocycles. The lowest BCUT2D eigenvalue weighted by atomic mass is 9.87. The normalized spacial score (nSPS) is 39.0. The highest BCUT2D eigenvalue weighted by atomic mass is 127. The summed E-state index contributed by atoms with van der Waals surface area (Å²) in [6.45, 7) is 2.73. The third-order valence-electron chi connectivity index (χ3n) is 2.87. The van der Waals surface area contributed by atoms with E-state index < -0.39 is 0 Å². The minimum absolute atomic E-state index is 0.746. The van der Waals surface area contributed by atoms with Crippen molar-refractivity contribution in [1.29, 1.82) is 0 Å². The fraction of sp³-hybridized carbons (Fsp3) is 1.00. The van der Waals surface area contributed by atoms with Gasteiger partial charge in [0, 0.05) is 12.3 Å². The van der Waals surface area contributed by atoms with Crippen LogP contribution in [0.4, 0.5) is 0 Å². The molecule has 2 rings (SSSR count). The Morgan fingerprint density at radius 1 is 1.45 bits per heavy atom. The predicted molar refractivity (Wildman–Crippen MR) is 59.5 cm³/mol. The van der Waals surface area contributed by atoms with Crippen LogP contribution in [0.15, 0.2) is 0 Å². The fourth-order valence-electron chi connectivity index (χ4n) is 2.10. The van der Waals surface area contributed by atoms with Gasteiger partial charge in [0.15, 0.2) is 0 Å². The summed E-state index contributed by atoms with van der Waals surface area (Å²) in [7, 11) is 0. The summed E-state index contributed by atoms with van der Waals surface area (Å²) < 4.78 is 1.23. The molecule has 2 aliphatic rings. The predicted octanol–water partition coefficient (Wildman–Crippen LogP) is 2.21. The maximum Gasteiger partial charge on any atom is 0.0505 e. The van der Waals surface area contributed by atoms with E-state index in [1.165, 1.54) is 42.0 Å². The van der Waals surface area contributed by atoms with Crippen LogP contribution in [0.5, 0.6) is 0 Å². The van der Waals surface area contributed by atoms with E-state index in [-0.39, 0.29) is 0 Å². The lowest BCUT2D eigenvalue weighted by molar-refractivity contribution is 0.315. The summed E-state index contributed by atoms with van der Waals surface area (Å²) in [5.41, 5.74) is 0.746. The molecule has 0 amide bonds. The molecule has 0 aromatic rings. The Kier molecular flexibility index (Phi) is 2.68. The van der Waals surface area contributed by atoms with Gasteiger partial charge in [-0.1, -0.05) is 22.6 Å². The van der Waals surface area contributed by atoms with Gasteiger partial charge in [-0.3, -0.25) is 4.90 Å². The number of halogens is 1. The van der Waals surface area contributed by atoms with E-state index in [2.05, 4.69) is 39.3 Å². The van der Waals surface area contributed by atoms with Crippen molar-refractivity contribution < 1.29 is 0 Å². The average molecular weight is 283 g/mol. The quantitative estimate of drug-likeness (QED) is 0.412. The van der Waals surface area contributed by atoms with Crippen molar-refractivity contribution in [2.75, 3.05) is 29.1 Å². The largest absolute Gasteiger partial charge is 0.294 e. The summed E-state index contributed by atoms with van der Waals surface area (Å²) >= 11 is 4.63. The van der Waals surface area contributed by atoms with E-state index in [0.29, 0.717) is 0 Å². The molecule has 0 saturated carbocycles. The topological polar surface area (TPSA) is 3.24 Å². The van der Waals surface area contributed by atoms with Crippen molar-refractivity contribution in [2.45, 2.75) is 12.8 Å². The van der Waals surface area contributed by atoms with Crippen LogP contribution in [0, 0.1) is 5.41 Å². The van der Waals surface area contributed by atoms with E-state index >= 15 is 0 Å². The number of hydrogen-bond donors (Lipinski definition) is 0. The van der Waals surface area contributed by atoms with Gasteiger partial charge in [-0.2, -0.15) is 11.8 Å². The van der Waals surface area contributed by atoms with E-state index in [4.69, 9.17) is 0 Å². The second kappa shape index (κ2) is 3.42. The van der Waals surface area contributed by atoms with Crippen LogP contribution < -0.4 is 0 Å². The van der Waals surface area contributed by atoms with Crippen LogP contribution in [0.3, 0.4) is 0 Å². The molecule has 2 fully saturated rings. The third kappa shape index (κ3) is 1.70. The summed E-state index contributed by atoms with van der Waals surface area (Å²) in [5, 5.41) is 0. The zero-order valence-electron chi connectivity index (χ0n) is 6.68. The molecule has 2 aliphatic heterocycles. The van der Waals surface area contributed by atoms with Crippen molar-refractivity contribution in [3.05, 3.63) is 0 Å². The van der Waals surface area contributed by atoms with Crippen LogP contribution in [0.2, 0.25) is 0 Å². The Morgan fingerprint density at radius 2 is 2.36 bits per heavy atom. The van der Waals surface area contributed by atoms with Crippen molar-refractivity contribution >= 4 is 34.4 Å². The highest BCUT2D eigenvalue weighted by Gasteiger charge is 2.39. The minimum Gasteiger partial charge on any atom is -0.294 e. The first-order valence-corrected chi connectivity index (χ1v) is 6.89. The standard InChI is InChI=1S/C8H14INS/c9-7-10-3-1-8(5-10)2-4-11-6-8/h1-7H2. The molecular weight excluding hydrogens is 269 g/mol. The first kappa shape index (κ1) is 8.63. The summed E-state index contributed by atoms with van der Waals surface area (Å²) in [6.07, 6.45) is 2.94. The molecule has 0 aromatic heterocycles. The van der Waals surface area contributed by atoms with Crippen molar-refractivity contribution in [2.24, 2.45) is 5.41 Å². The molecule has 2 heterocycles. The Morgan fingerprint density at radius 3 is 2.91 bits per heavy atom. The van der Waals surface area contributed by atoms with Gasteiger partial charge in [0.05, 0.1) is 4.55 Å². The Labute approximate surface area is 86.4 Å². The van der Waals surface area contributed by atoms with Gasteiger partial charge < -0.3 is 0 Å². The highest BCUT2D eigenvalue weighted by molar-refractivity contribution is 14.1. The van der Waals surface area contributed by atoms with E-state index in [0.717, 1.165) is 5.41 Å². The summed E-state index contributed by atoms with van der Waals surface area (Å²) in [4.78, 5) is 2.59. The zero-order chi connectivity index (χ0) is 7.73. The Bertz CT molecular complexity index is 145. The minimum atomic E-state index is 0.746. The summed E-state index contributed by atoms with van der Waals surface area (Å²) in [5.74, 6) is 2.84. The lowest BCUT2D eigenvalue weighted by Gasteiger charge is -2.21. The molecule has 2 saturated heterocycles. The van der Waals surface area contributed by atoms with Gasteiger partial charge in [0.25, 0.3) is 0 Å². The number of rotatable bonds is 1. The molecule has 11 heavy (non-hydrogen) atoms. The van der Waals surface area contributed by atoms with Crippen LogP contribution in [0.25, 0.3) is 0 Å². The van der Waals surface area contributed by atoms with Crippen molar-refractivity contribution in [3.63, 3.8) is 0 Å². The second-order valence-electron chi connectivity index (χ2n) is 3.72. The maximum absolute atomic E-state index is 2.59. The van der Waals surface area contributed by atoms with Gasteiger partial charge in [-0.15, -0.1) is 0 Å². The number of hydrogen-bond acceptors (Lipinski definition) is 2. The first-order chi connectivity index (χ1) is 5.35. The van der Waals surface area contributed by atoms with Gasteiger partial charge >= 0.3 is 0 Å². The van der Waals surface area contributed by atoms with E-state index in [9.17, 15) is 0 Å². The Balaban J connectivity index is 1.96. The monoisotopic (exact) mass is 283 g/mol. The van der Waals surface area contributed by atoms with E-state index in [1.54, 1.807) is 0 Å². The molecule has 0 radical (unpaired) electrons. The summed E-state index contributed by atoms with van der Waals surface area (Å²) in [6, 6.07) is 0. The number of thioether (sulfide) groups is 1. The SMILES string of the molecule is ICN1CCC2(CCSC2)C1. The molecule has 0 bridgehead atoms. The molecule has 1 atom stereocenters. The van der Waals surface area contributed by atoms with Crippen LogP contribution in [-0.2, 0) is 0 Å². The number of alkyl halides is 1. The maximum atomic E-state index is 2.59. The highest BCUT2D eigenvalue weighted by Crippen LogP contribution is 2.43. The van der Waals surface area contributed by atoms with Gasteiger partial charge in [0.1, 0.15) is 0 Å². The number of nitrogens with zero attached hydrogens (tertiary/aromatic N) is 1. The van der Waals surface area contributed by atoms with Gasteiger partial charge in [0.2, 0.25) is 0 Å². The molecule has 3 heteroatoms. The smallest absolute Gasteiger partial charge is 0.0505 e.